The first kappa shape index (κ1) is 15.7. The molecule has 8 nitrogen and oxygen atoms in total. The maximum atomic E-state index is 12.6. The molecule has 116 valence electrons. The SMILES string of the molecule is COc1cc([N+](=O)[O-])ccc1S(=O)(=O)N1CCC[C@H]1CO. The maximum Gasteiger partial charge on any atom is 0.273 e. The van der Waals surface area contributed by atoms with Crippen LogP contribution in [0.2, 0.25) is 0 Å². The van der Waals surface area contributed by atoms with Gasteiger partial charge in [0, 0.05) is 18.7 Å². The lowest BCUT2D eigenvalue weighted by molar-refractivity contribution is -0.385. The van der Waals surface area contributed by atoms with Crippen molar-refractivity contribution in [3.63, 3.8) is 0 Å². The Bertz CT molecular complexity index is 645. The molecule has 0 aliphatic carbocycles. The van der Waals surface area contributed by atoms with Gasteiger partial charge >= 0.3 is 0 Å². The van der Waals surface area contributed by atoms with Crippen LogP contribution >= 0.6 is 0 Å². The van der Waals surface area contributed by atoms with Crippen LogP contribution in [0.3, 0.4) is 0 Å². The number of aliphatic hydroxyl groups excluding tert-OH is 1. The van der Waals surface area contributed by atoms with Gasteiger partial charge in [-0.3, -0.25) is 10.1 Å². The van der Waals surface area contributed by atoms with E-state index in [1.807, 2.05) is 0 Å². The largest absolute Gasteiger partial charge is 0.495 e. The summed E-state index contributed by atoms with van der Waals surface area (Å²) in [6.07, 6.45) is 1.25. The molecule has 0 aromatic heterocycles. The van der Waals surface area contributed by atoms with Crippen LogP contribution < -0.4 is 4.74 Å². The van der Waals surface area contributed by atoms with Crippen molar-refractivity contribution in [2.24, 2.45) is 0 Å². The standard InChI is InChI=1S/C12H16N2O6S/c1-20-11-7-9(14(16)17)4-5-12(11)21(18,19)13-6-2-3-10(13)8-15/h4-5,7,10,15H,2-3,6,8H2,1H3/t10-/m0/s1. The maximum absolute atomic E-state index is 12.6. The number of nitrogens with zero attached hydrogens (tertiary/aromatic N) is 2. The third kappa shape index (κ3) is 2.85. The number of benzene rings is 1. The number of ether oxygens (including phenoxy) is 1. The molecule has 1 N–H and O–H groups in total. The molecule has 1 aliphatic heterocycles. The van der Waals surface area contributed by atoms with Crippen LogP contribution in [0.4, 0.5) is 5.69 Å². The molecule has 0 saturated carbocycles. The molecule has 1 saturated heterocycles. The van der Waals surface area contributed by atoms with E-state index in [-0.39, 0.29) is 22.9 Å². The van der Waals surface area contributed by atoms with Crippen molar-refractivity contribution in [3.05, 3.63) is 28.3 Å². The van der Waals surface area contributed by atoms with E-state index in [0.717, 1.165) is 12.1 Å². The Hall–Kier alpha value is -1.71. The Labute approximate surface area is 122 Å². The van der Waals surface area contributed by atoms with E-state index in [4.69, 9.17) is 4.74 Å². The van der Waals surface area contributed by atoms with E-state index in [1.165, 1.54) is 17.5 Å². The van der Waals surface area contributed by atoms with E-state index < -0.39 is 21.0 Å². The molecular formula is C12H16N2O6S. The lowest BCUT2D eigenvalue weighted by Crippen LogP contribution is -2.37. The van der Waals surface area contributed by atoms with Gasteiger partial charge in [-0.25, -0.2) is 8.42 Å². The van der Waals surface area contributed by atoms with Gasteiger partial charge < -0.3 is 9.84 Å². The first-order valence-corrected chi connectivity index (χ1v) is 7.81. The topological polar surface area (TPSA) is 110 Å². The molecule has 1 aromatic rings. The van der Waals surface area contributed by atoms with Crippen LogP contribution in [0, 0.1) is 10.1 Å². The van der Waals surface area contributed by atoms with Crippen molar-refractivity contribution in [1.82, 2.24) is 4.31 Å². The number of sulfonamides is 1. The van der Waals surface area contributed by atoms with Gasteiger partial charge in [-0.15, -0.1) is 0 Å². The highest BCUT2D eigenvalue weighted by atomic mass is 32.2. The number of hydrogen-bond acceptors (Lipinski definition) is 6. The minimum absolute atomic E-state index is 0.0761. The highest BCUT2D eigenvalue weighted by Crippen LogP contribution is 2.33. The molecule has 21 heavy (non-hydrogen) atoms. The predicted octanol–water partition coefficient (Wildman–Crippen LogP) is 0.749. The summed E-state index contributed by atoms with van der Waals surface area (Å²) in [7, 11) is -2.60. The Kier molecular flexibility index (Phi) is 4.45. The zero-order chi connectivity index (χ0) is 15.6. The second-order valence-electron chi connectivity index (χ2n) is 4.69. The number of hydrogen-bond donors (Lipinski definition) is 1. The van der Waals surface area contributed by atoms with Gasteiger partial charge in [0.25, 0.3) is 5.69 Å². The summed E-state index contributed by atoms with van der Waals surface area (Å²) in [5, 5.41) is 20.0. The van der Waals surface area contributed by atoms with Crippen LogP contribution in [0.15, 0.2) is 23.1 Å². The summed E-state index contributed by atoms with van der Waals surface area (Å²) in [6, 6.07) is 2.91. The molecule has 0 spiro atoms. The monoisotopic (exact) mass is 316 g/mol. The fourth-order valence-electron chi connectivity index (χ4n) is 2.42. The van der Waals surface area contributed by atoms with Crippen LogP contribution in [0.1, 0.15) is 12.8 Å². The summed E-state index contributed by atoms with van der Waals surface area (Å²) in [4.78, 5) is 9.99. The lowest BCUT2D eigenvalue weighted by Gasteiger charge is -2.23. The third-order valence-electron chi connectivity index (χ3n) is 3.48. The normalized spacial score (nSPS) is 19.6. The average Bonchev–Trinajstić information content (AvgIpc) is 2.95. The van der Waals surface area contributed by atoms with E-state index in [2.05, 4.69) is 0 Å². The summed E-state index contributed by atoms with van der Waals surface area (Å²) in [5.74, 6) is -0.0761. The van der Waals surface area contributed by atoms with Gasteiger partial charge in [-0.05, 0) is 18.9 Å². The fraction of sp³-hybridized carbons (Fsp3) is 0.500. The Balaban J connectivity index is 2.47. The van der Waals surface area contributed by atoms with Crippen LogP contribution in [-0.4, -0.2) is 49.1 Å². The van der Waals surface area contributed by atoms with Crippen molar-refractivity contribution >= 4 is 15.7 Å². The smallest absolute Gasteiger partial charge is 0.273 e. The lowest BCUT2D eigenvalue weighted by atomic mass is 10.2. The molecule has 9 heteroatoms. The minimum Gasteiger partial charge on any atom is -0.495 e. The van der Waals surface area contributed by atoms with Crippen LogP contribution in [0.5, 0.6) is 5.75 Å². The van der Waals surface area contributed by atoms with Gasteiger partial charge in [-0.2, -0.15) is 4.31 Å². The van der Waals surface area contributed by atoms with Gasteiger partial charge in [0.05, 0.1) is 24.7 Å². The Morgan fingerprint density at radius 2 is 2.24 bits per heavy atom. The number of nitro groups is 1. The fourth-order valence-corrected chi connectivity index (χ4v) is 4.24. The molecule has 1 heterocycles. The third-order valence-corrected chi connectivity index (χ3v) is 5.47. The van der Waals surface area contributed by atoms with Crippen molar-refractivity contribution in [1.29, 1.82) is 0 Å². The highest BCUT2D eigenvalue weighted by molar-refractivity contribution is 7.89. The van der Waals surface area contributed by atoms with Crippen molar-refractivity contribution in [3.8, 4) is 5.75 Å². The summed E-state index contributed by atoms with van der Waals surface area (Å²) in [5.41, 5.74) is -0.245. The quantitative estimate of drug-likeness (QED) is 0.634. The molecule has 1 atom stereocenters. The molecule has 0 bridgehead atoms. The van der Waals surface area contributed by atoms with E-state index in [9.17, 15) is 23.6 Å². The first-order chi connectivity index (χ1) is 9.91. The van der Waals surface area contributed by atoms with Gasteiger partial charge in [0.15, 0.2) is 0 Å². The number of nitro benzene ring substituents is 1. The Morgan fingerprint density at radius 1 is 1.52 bits per heavy atom. The van der Waals surface area contributed by atoms with Gasteiger partial charge in [0.1, 0.15) is 10.6 Å². The van der Waals surface area contributed by atoms with Gasteiger partial charge in [0.2, 0.25) is 10.0 Å². The molecular weight excluding hydrogens is 300 g/mol. The molecule has 0 amide bonds. The zero-order valence-electron chi connectivity index (χ0n) is 11.4. The van der Waals surface area contributed by atoms with Crippen LogP contribution in [-0.2, 0) is 10.0 Å². The highest BCUT2D eigenvalue weighted by Gasteiger charge is 2.36. The van der Waals surface area contributed by atoms with Crippen LogP contribution in [0.25, 0.3) is 0 Å². The molecule has 1 fully saturated rings. The molecule has 1 aromatic carbocycles. The van der Waals surface area contributed by atoms with Gasteiger partial charge in [-0.1, -0.05) is 0 Å². The summed E-state index contributed by atoms with van der Waals surface area (Å²) < 4.78 is 31.5. The number of non-ortho nitro benzene ring substituents is 1. The molecule has 0 radical (unpaired) electrons. The van der Waals surface area contributed by atoms with E-state index >= 15 is 0 Å². The van der Waals surface area contributed by atoms with E-state index in [1.54, 1.807) is 0 Å². The molecule has 0 unspecified atom stereocenters. The van der Waals surface area contributed by atoms with Crippen molar-refractivity contribution in [2.45, 2.75) is 23.8 Å². The minimum atomic E-state index is -3.86. The zero-order valence-corrected chi connectivity index (χ0v) is 12.2. The second kappa shape index (κ2) is 5.96. The van der Waals surface area contributed by atoms with E-state index in [0.29, 0.717) is 19.4 Å². The predicted molar refractivity (Wildman–Crippen MR) is 73.6 cm³/mol. The summed E-state index contributed by atoms with van der Waals surface area (Å²) >= 11 is 0. The first-order valence-electron chi connectivity index (χ1n) is 6.37. The second-order valence-corrected chi connectivity index (χ2v) is 6.55. The molecule has 2 rings (SSSR count). The average molecular weight is 316 g/mol. The molecule has 1 aliphatic rings. The van der Waals surface area contributed by atoms with Crippen molar-refractivity contribution in [2.75, 3.05) is 20.3 Å². The number of methoxy groups -OCH3 is 1. The number of rotatable bonds is 5. The Morgan fingerprint density at radius 3 is 2.81 bits per heavy atom. The summed E-state index contributed by atoms with van der Waals surface area (Å²) in [6.45, 7) is 0.0578. The van der Waals surface area contributed by atoms with Crippen molar-refractivity contribution < 1.29 is 23.2 Å². The number of aliphatic hydroxyl groups is 1.